The molecular weight excluding hydrogens is 332 g/mol. The number of nitrogens with one attached hydrogen (secondary N) is 2. The van der Waals surface area contributed by atoms with Gasteiger partial charge in [0, 0.05) is 12.3 Å². The standard InChI is InChI=1S/C20H30N2O4/c1-4-7-15(20(25)22-26)16(10-12(2)3)19(24)21-18-14-9-6-5-8-13(14)11-17(18)23/h5-6,8-9,12,15-18,23,26H,4,7,10-11H2,1-3H3,(H,21,24)(H,22,25). The number of rotatable bonds is 8. The van der Waals surface area contributed by atoms with E-state index in [4.69, 9.17) is 5.21 Å². The second kappa shape index (κ2) is 9.14. The lowest BCUT2D eigenvalue weighted by atomic mass is 9.81. The molecule has 1 aromatic carbocycles. The maximum absolute atomic E-state index is 13.0. The van der Waals surface area contributed by atoms with Crippen LogP contribution in [-0.4, -0.2) is 28.2 Å². The summed E-state index contributed by atoms with van der Waals surface area (Å²) in [4.78, 5) is 25.2. The van der Waals surface area contributed by atoms with Gasteiger partial charge in [-0.3, -0.25) is 14.8 Å². The smallest absolute Gasteiger partial charge is 0.247 e. The molecule has 4 N–H and O–H groups in total. The summed E-state index contributed by atoms with van der Waals surface area (Å²) in [5, 5.41) is 22.4. The van der Waals surface area contributed by atoms with Crippen molar-refractivity contribution in [1.82, 2.24) is 10.8 Å². The molecule has 0 aliphatic heterocycles. The Balaban J connectivity index is 2.22. The lowest BCUT2D eigenvalue weighted by Gasteiger charge is -2.28. The van der Waals surface area contributed by atoms with Gasteiger partial charge in [-0.15, -0.1) is 0 Å². The van der Waals surface area contributed by atoms with Gasteiger partial charge in [-0.05, 0) is 29.9 Å². The van der Waals surface area contributed by atoms with Gasteiger partial charge >= 0.3 is 0 Å². The van der Waals surface area contributed by atoms with E-state index in [-0.39, 0.29) is 11.8 Å². The molecule has 1 aromatic rings. The Bertz CT molecular complexity index is 632. The molecule has 0 fully saturated rings. The number of amides is 2. The summed E-state index contributed by atoms with van der Waals surface area (Å²) in [5.74, 6) is -1.71. The Labute approximate surface area is 155 Å². The van der Waals surface area contributed by atoms with Crippen LogP contribution in [0.3, 0.4) is 0 Å². The number of carbonyl (C=O) groups excluding carboxylic acids is 2. The summed E-state index contributed by atoms with van der Waals surface area (Å²) in [6.45, 7) is 5.94. The molecule has 0 saturated carbocycles. The van der Waals surface area contributed by atoms with Crippen LogP contribution in [0.5, 0.6) is 0 Å². The first-order chi connectivity index (χ1) is 12.4. The van der Waals surface area contributed by atoms with Crippen LogP contribution in [0.25, 0.3) is 0 Å². The van der Waals surface area contributed by atoms with E-state index >= 15 is 0 Å². The number of hydrogen-bond acceptors (Lipinski definition) is 4. The zero-order valence-electron chi connectivity index (χ0n) is 15.7. The van der Waals surface area contributed by atoms with Crippen LogP contribution in [0.15, 0.2) is 24.3 Å². The monoisotopic (exact) mass is 362 g/mol. The molecule has 1 aliphatic rings. The van der Waals surface area contributed by atoms with Gasteiger partial charge in [-0.25, -0.2) is 5.48 Å². The number of fused-ring (bicyclic) bond motifs is 1. The van der Waals surface area contributed by atoms with Crippen molar-refractivity contribution in [3.05, 3.63) is 35.4 Å². The van der Waals surface area contributed by atoms with E-state index in [0.29, 0.717) is 19.3 Å². The Kier molecular flexibility index (Phi) is 7.17. The van der Waals surface area contributed by atoms with Crippen molar-refractivity contribution in [2.75, 3.05) is 0 Å². The first-order valence-corrected chi connectivity index (χ1v) is 9.39. The number of aliphatic hydroxyl groups excluding tert-OH is 1. The molecule has 2 rings (SSSR count). The maximum Gasteiger partial charge on any atom is 0.247 e. The highest BCUT2D eigenvalue weighted by Crippen LogP contribution is 2.33. The van der Waals surface area contributed by atoms with Crippen LogP contribution in [0.2, 0.25) is 0 Å². The minimum atomic E-state index is -0.674. The molecule has 0 spiro atoms. The summed E-state index contributed by atoms with van der Waals surface area (Å²) < 4.78 is 0. The van der Waals surface area contributed by atoms with Crippen LogP contribution in [0, 0.1) is 17.8 Å². The highest BCUT2D eigenvalue weighted by atomic mass is 16.5. The van der Waals surface area contributed by atoms with Crippen molar-refractivity contribution in [3.63, 3.8) is 0 Å². The van der Waals surface area contributed by atoms with Crippen LogP contribution in [-0.2, 0) is 16.0 Å². The molecule has 4 unspecified atom stereocenters. The molecule has 1 aliphatic carbocycles. The summed E-state index contributed by atoms with van der Waals surface area (Å²) in [5.41, 5.74) is 3.67. The van der Waals surface area contributed by atoms with E-state index < -0.39 is 29.9 Å². The van der Waals surface area contributed by atoms with Gasteiger partial charge in [0.2, 0.25) is 11.8 Å². The molecule has 0 heterocycles. The molecule has 0 aromatic heterocycles. The Morgan fingerprint density at radius 2 is 1.88 bits per heavy atom. The summed E-state index contributed by atoms with van der Waals surface area (Å²) >= 11 is 0. The minimum Gasteiger partial charge on any atom is -0.390 e. The number of carbonyl (C=O) groups is 2. The summed E-state index contributed by atoms with van der Waals surface area (Å²) in [7, 11) is 0. The average molecular weight is 362 g/mol. The SMILES string of the molecule is CCCC(C(=O)NO)C(CC(C)C)C(=O)NC1c2ccccc2CC1O. The van der Waals surface area contributed by atoms with Crippen LogP contribution >= 0.6 is 0 Å². The lowest BCUT2D eigenvalue weighted by Crippen LogP contribution is -2.44. The number of hydrogen-bond donors (Lipinski definition) is 4. The van der Waals surface area contributed by atoms with Crippen molar-refractivity contribution < 1.29 is 19.9 Å². The zero-order valence-corrected chi connectivity index (χ0v) is 15.7. The molecule has 2 amide bonds. The van der Waals surface area contributed by atoms with Gasteiger partial charge in [-0.2, -0.15) is 0 Å². The predicted octanol–water partition coefficient (Wildman–Crippen LogP) is 2.34. The van der Waals surface area contributed by atoms with Gasteiger partial charge in [0.1, 0.15) is 0 Å². The summed E-state index contributed by atoms with van der Waals surface area (Å²) in [6, 6.07) is 7.21. The molecule has 6 heteroatoms. The zero-order chi connectivity index (χ0) is 19.3. The minimum absolute atomic E-state index is 0.220. The van der Waals surface area contributed by atoms with Gasteiger partial charge < -0.3 is 10.4 Å². The second-order valence-corrected chi connectivity index (χ2v) is 7.56. The molecule has 0 saturated heterocycles. The molecule has 0 bridgehead atoms. The van der Waals surface area contributed by atoms with Crippen LogP contribution < -0.4 is 10.8 Å². The third-order valence-corrected chi connectivity index (χ3v) is 5.10. The number of aliphatic hydroxyl groups is 1. The predicted molar refractivity (Wildman–Crippen MR) is 98.3 cm³/mol. The van der Waals surface area contributed by atoms with Crippen molar-refractivity contribution in [2.45, 2.75) is 58.6 Å². The number of hydroxylamine groups is 1. The Morgan fingerprint density at radius 3 is 2.50 bits per heavy atom. The van der Waals surface area contributed by atoms with Crippen LogP contribution in [0.1, 0.15) is 57.2 Å². The van der Waals surface area contributed by atoms with E-state index in [2.05, 4.69) is 5.32 Å². The molecule has 26 heavy (non-hydrogen) atoms. The van der Waals surface area contributed by atoms with E-state index in [1.54, 1.807) is 5.48 Å². The van der Waals surface area contributed by atoms with Crippen molar-refractivity contribution >= 4 is 11.8 Å². The fourth-order valence-electron chi connectivity index (χ4n) is 3.88. The van der Waals surface area contributed by atoms with E-state index in [9.17, 15) is 14.7 Å². The second-order valence-electron chi connectivity index (χ2n) is 7.56. The van der Waals surface area contributed by atoms with Crippen molar-refractivity contribution in [2.24, 2.45) is 17.8 Å². The topological polar surface area (TPSA) is 98.7 Å². The average Bonchev–Trinajstić information content (AvgIpc) is 2.92. The van der Waals surface area contributed by atoms with Gasteiger partial charge in [0.15, 0.2) is 0 Å². The Morgan fingerprint density at radius 1 is 1.19 bits per heavy atom. The fourth-order valence-corrected chi connectivity index (χ4v) is 3.88. The largest absolute Gasteiger partial charge is 0.390 e. The molecule has 4 atom stereocenters. The van der Waals surface area contributed by atoms with Crippen LogP contribution in [0.4, 0.5) is 0 Å². The van der Waals surface area contributed by atoms with E-state index in [1.165, 1.54) is 0 Å². The van der Waals surface area contributed by atoms with Gasteiger partial charge in [-0.1, -0.05) is 51.5 Å². The van der Waals surface area contributed by atoms with Gasteiger partial charge in [0.25, 0.3) is 0 Å². The quantitative estimate of drug-likeness (QED) is 0.421. The molecule has 144 valence electrons. The normalized spacial score (nSPS) is 21.2. The summed E-state index contributed by atoms with van der Waals surface area (Å²) in [6.07, 6.45) is 1.61. The van der Waals surface area contributed by atoms with Crippen molar-refractivity contribution in [1.29, 1.82) is 0 Å². The first kappa shape index (κ1) is 20.4. The van der Waals surface area contributed by atoms with Gasteiger partial charge in [0.05, 0.1) is 18.1 Å². The van der Waals surface area contributed by atoms with Crippen molar-refractivity contribution in [3.8, 4) is 0 Å². The highest BCUT2D eigenvalue weighted by Gasteiger charge is 2.37. The molecule has 6 nitrogen and oxygen atoms in total. The number of benzene rings is 1. The first-order valence-electron chi connectivity index (χ1n) is 9.39. The molecular formula is C20H30N2O4. The lowest BCUT2D eigenvalue weighted by molar-refractivity contribution is -0.141. The maximum atomic E-state index is 13.0. The molecule has 0 radical (unpaired) electrons. The third kappa shape index (κ3) is 4.62. The fraction of sp³-hybridized carbons (Fsp3) is 0.600. The third-order valence-electron chi connectivity index (χ3n) is 5.10. The highest BCUT2D eigenvalue weighted by molar-refractivity contribution is 5.87. The van der Waals surface area contributed by atoms with E-state index in [1.807, 2.05) is 45.0 Å². The van der Waals surface area contributed by atoms with E-state index in [0.717, 1.165) is 17.5 Å². The Hall–Kier alpha value is -1.92.